The van der Waals surface area contributed by atoms with Crippen molar-refractivity contribution in [2.75, 3.05) is 0 Å². The first-order valence-electron chi connectivity index (χ1n) is 6.41. The molecule has 0 fully saturated rings. The molecule has 0 saturated carbocycles. The van der Waals surface area contributed by atoms with Gasteiger partial charge in [0.25, 0.3) is 0 Å². The van der Waals surface area contributed by atoms with Crippen molar-refractivity contribution in [2.45, 2.75) is 84.5 Å². The summed E-state index contributed by atoms with van der Waals surface area (Å²) in [7, 11) is 0. The van der Waals surface area contributed by atoms with Gasteiger partial charge in [-0.25, -0.2) is 0 Å². The largest absolute Gasteiger partial charge is 0.0654 e. The summed E-state index contributed by atoms with van der Waals surface area (Å²) in [5.41, 5.74) is 0. The molecule has 0 amide bonds. The van der Waals surface area contributed by atoms with Crippen LogP contribution in [0.3, 0.4) is 0 Å². The lowest BCUT2D eigenvalue weighted by Gasteiger charge is -2.00. The Labute approximate surface area is 85.1 Å². The maximum atomic E-state index is 2.28. The van der Waals surface area contributed by atoms with Gasteiger partial charge in [-0.05, 0) is 0 Å². The summed E-state index contributed by atoms with van der Waals surface area (Å²) in [6.07, 6.45) is 15.9. The molecule has 0 aliphatic carbocycles. The average molecular weight is 197 g/mol. The quantitative estimate of drug-likeness (QED) is 0.328. The number of rotatable bonds is 10. The van der Waals surface area contributed by atoms with Crippen LogP contribution in [-0.4, -0.2) is 0 Å². The average Bonchev–Trinajstić information content (AvgIpc) is 2.16. The maximum Gasteiger partial charge on any atom is -0.0533 e. The molecule has 0 N–H and O–H groups in total. The molecule has 0 rings (SSSR count). The third kappa shape index (κ3) is 12.0. The van der Waals surface area contributed by atoms with E-state index >= 15 is 0 Å². The van der Waals surface area contributed by atoms with E-state index in [-0.39, 0.29) is 0 Å². The van der Waals surface area contributed by atoms with Gasteiger partial charge in [-0.3, -0.25) is 0 Å². The van der Waals surface area contributed by atoms with E-state index < -0.39 is 0 Å². The molecule has 0 aliphatic heterocycles. The molecule has 13 heavy (non-hydrogen) atoms. The molecule has 0 aliphatic rings. The van der Waals surface area contributed by atoms with Crippen molar-refractivity contribution >= 4 is 0 Å². The van der Waals surface area contributed by atoms with Gasteiger partial charge in [-0.1, -0.05) is 84.5 Å². The Hall–Kier alpha value is 0. The van der Waals surface area contributed by atoms with Crippen LogP contribution in [0.2, 0.25) is 0 Å². The van der Waals surface area contributed by atoms with Gasteiger partial charge >= 0.3 is 0 Å². The van der Waals surface area contributed by atoms with Gasteiger partial charge in [-0.15, -0.1) is 0 Å². The summed E-state index contributed by atoms with van der Waals surface area (Å²) >= 11 is 0. The van der Waals surface area contributed by atoms with Crippen LogP contribution in [0.4, 0.5) is 0 Å². The third-order valence-electron chi connectivity index (χ3n) is 2.71. The number of unbranched alkanes of at least 4 members (excludes halogenated alkanes) is 10. The van der Waals surface area contributed by atoms with Crippen molar-refractivity contribution < 1.29 is 0 Å². The second-order valence-corrected chi connectivity index (χ2v) is 4.18. The molecule has 0 nitrogen and oxygen atoms in total. The Morgan fingerprint density at radius 2 is 0.615 bits per heavy atom. The summed E-state index contributed by atoms with van der Waals surface area (Å²) in [5, 5.41) is 0. The van der Waals surface area contributed by atoms with Crippen LogP contribution in [0.15, 0.2) is 0 Å². The third-order valence-corrected chi connectivity index (χ3v) is 2.71. The van der Waals surface area contributed by atoms with Crippen LogP contribution in [-0.2, 0) is 0 Å². The van der Waals surface area contributed by atoms with Crippen LogP contribution in [0, 0.1) is 0 Å². The van der Waals surface area contributed by atoms with Crippen LogP contribution in [0.25, 0.3) is 0 Å². The van der Waals surface area contributed by atoms with Crippen LogP contribution < -0.4 is 0 Å². The van der Waals surface area contributed by atoms with Crippen molar-refractivity contribution in [2.24, 2.45) is 0 Å². The molecule has 0 unspecified atom stereocenters. The van der Waals surface area contributed by atoms with Gasteiger partial charge in [0.15, 0.2) is 0 Å². The maximum absolute atomic E-state index is 2.28. The minimum Gasteiger partial charge on any atom is -0.0654 e. The molecule has 0 aromatic carbocycles. The Balaban J connectivity index is 2.76. The minimum absolute atomic E-state index is 1.37. The summed E-state index contributed by atoms with van der Waals surface area (Å²) in [6, 6.07) is 0. The van der Waals surface area contributed by atoms with E-state index in [1.165, 1.54) is 70.6 Å². The predicted molar refractivity (Wildman–Crippen MR) is 62.1 cm³/mol. The SMILES string of the molecule is [13CH3][13CH2][13CH2][13CH2][13CH2][13CH2][13CH2][13CH2][13CH2][13CH2][13CH2][13CH2][13CH3]. The Morgan fingerprint density at radius 1 is 0.385 bits per heavy atom. The Morgan fingerprint density at radius 3 is 0.846 bits per heavy atom. The Kier molecular flexibility index (Phi) is 12.0. The molecule has 0 heterocycles. The fourth-order valence-electron chi connectivity index (χ4n) is 1.74. The van der Waals surface area contributed by atoms with Gasteiger partial charge < -0.3 is 0 Å². The van der Waals surface area contributed by atoms with Gasteiger partial charge in [0.2, 0.25) is 0 Å². The highest BCUT2D eigenvalue weighted by Gasteiger charge is 1.90. The second-order valence-electron chi connectivity index (χ2n) is 4.18. The molecule has 0 heteroatoms. The van der Waals surface area contributed by atoms with Gasteiger partial charge in [0.05, 0.1) is 0 Å². The first kappa shape index (κ1) is 13.0. The van der Waals surface area contributed by atoms with Crippen molar-refractivity contribution in [3.63, 3.8) is 0 Å². The lowest BCUT2D eigenvalue weighted by molar-refractivity contribution is 0.554. The molecule has 0 saturated heterocycles. The smallest absolute Gasteiger partial charge is 0.0533 e. The molecule has 0 aromatic heterocycles. The van der Waals surface area contributed by atoms with Gasteiger partial charge in [0.1, 0.15) is 0 Å². The molecule has 0 bridgehead atoms. The molecular weight excluding hydrogens is 169 g/mol. The van der Waals surface area contributed by atoms with Crippen LogP contribution in [0.1, 0.15) is 84.5 Å². The minimum atomic E-state index is 1.37. The first-order valence-corrected chi connectivity index (χ1v) is 6.41. The summed E-state index contributed by atoms with van der Waals surface area (Å²) in [6.45, 7) is 4.56. The van der Waals surface area contributed by atoms with E-state index in [4.69, 9.17) is 0 Å². The molecule has 0 spiro atoms. The van der Waals surface area contributed by atoms with Gasteiger partial charge in [-0.2, -0.15) is 0 Å². The highest BCUT2D eigenvalue weighted by Crippen LogP contribution is 2.10. The zero-order chi connectivity index (χ0) is 9.78. The molecular formula is C13H28. The van der Waals surface area contributed by atoms with Crippen molar-refractivity contribution in [1.29, 1.82) is 0 Å². The normalized spacial score (nSPS) is 10.6. The monoisotopic (exact) mass is 197 g/mol. The summed E-state index contributed by atoms with van der Waals surface area (Å²) in [5.74, 6) is 0. The van der Waals surface area contributed by atoms with Crippen molar-refractivity contribution in [3.05, 3.63) is 0 Å². The lowest BCUT2D eigenvalue weighted by Crippen LogP contribution is -1.80. The van der Waals surface area contributed by atoms with E-state index in [1.807, 2.05) is 0 Å². The number of hydrogen-bond acceptors (Lipinski definition) is 0. The summed E-state index contributed by atoms with van der Waals surface area (Å²) in [4.78, 5) is 0. The zero-order valence-corrected chi connectivity index (χ0v) is 9.78. The lowest BCUT2D eigenvalue weighted by atomic mass is 11.1. The first-order chi connectivity index (χ1) is 6.41. The number of hydrogen-bond donors (Lipinski definition) is 0. The zero-order valence-electron chi connectivity index (χ0n) is 9.78. The topological polar surface area (TPSA) is 0 Å². The van der Waals surface area contributed by atoms with E-state index in [9.17, 15) is 0 Å². The predicted octanol–water partition coefficient (Wildman–Crippen LogP) is 5.32. The van der Waals surface area contributed by atoms with Crippen molar-refractivity contribution in [1.82, 2.24) is 0 Å². The van der Waals surface area contributed by atoms with E-state index in [1.54, 1.807) is 0 Å². The van der Waals surface area contributed by atoms with Crippen molar-refractivity contribution in [3.8, 4) is 0 Å². The molecule has 0 radical (unpaired) electrons. The standard InChI is InChI=1S/C13H28/c1-3-5-7-9-11-13-12-10-8-6-4-2/h3-13H2,1-2H3/i1+1,2+1,3+1,4+1,5+1,6+1,7+1,8+1,9+1,10+1,11+1,12+1,13+1. The molecule has 80 valence electrons. The molecule has 0 atom stereocenters. The van der Waals surface area contributed by atoms with Crippen LogP contribution >= 0.6 is 0 Å². The van der Waals surface area contributed by atoms with E-state index in [2.05, 4.69) is 13.8 Å². The van der Waals surface area contributed by atoms with Crippen LogP contribution in [0.5, 0.6) is 0 Å². The highest BCUT2D eigenvalue weighted by molar-refractivity contribution is 4.46. The Bertz CT molecular complexity index is 66.1. The van der Waals surface area contributed by atoms with E-state index in [0.29, 0.717) is 0 Å². The fraction of sp³-hybridized carbons (Fsp3) is 1.00. The fourth-order valence-corrected chi connectivity index (χ4v) is 1.74. The highest BCUT2D eigenvalue weighted by atomic mass is 15.0. The molecule has 0 aromatic rings. The second kappa shape index (κ2) is 12.0. The van der Waals surface area contributed by atoms with Gasteiger partial charge in [0, 0.05) is 0 Å². The van der Waals surface area contributed by atoms with E-state index in [0.717, 1.165) is 0 Å². The summed E-state index contributed by atoms with van der Waals surface area (Å²) < 4.78 is 0.